The van der Waals surface area contributed by atoms with Crippen molar-refractivity contribution in [1.82, 2.24) is 4.90 Å². The molecule has 6 heteroatoms. The van der Waals surface area contributed by atoms with Crippen LogP contribution in [0.3, 0.4) is 0 Å². The lowest BCUT2D eigenvalue weighted by atomic mass is 9.93. The van der Waals surface area contributed by atoms with E-state index in [4.69, 9.17) is 16.3 Å². The Morgan fingerprint density at radius 3 is 2.75 bits per heavy atom. The van der Waals surface area contributed by atoms with E-state index in [2.05, 4.69) is 0 Å². The fourth-order valence-electron chi connectivity index (χ4n) is 2.36. The van der Waals surface area contributed by atoms with Crippen molar-refractivity contribution in [2.45, 2.75) is 31.4 Å². The number of thiophene rings is 1. The summed E-state index contributed by atoms with van der Waals surface area (Å²) in [5.41, 5.74) is -0.755. The molecule has 0 radical (unpaired) electrons. The van der Waals surface area contributed by atoms with E-state index in [0.29, 0.717) is 41.8 Å². The number of hydrogen-bond acceptors (Lipinski definition) is 5. The molecule has 1 aliphatic heterocycles. The van der Waals surface area contributed by atoms with E-state index in [0.717, 1.165) is 0 Å². The summed E-state index contributed by atoms with van der Waals surface area (Å²) >= 11 is 7.16. The van der Waals surface area contributed by atoms with Gasteiger partial charge >= 0.3 is 0 Å². The van der Waals surface area contributed by atoms with Crippen LogP contribution in [0.25, 0.3) is 0 Å². The van der Waals surface area contributed by atoms with Crippen LogP contribution in [0.5, 0.6) is 0 Å². The molecule has 20 heavy (non-hydrogen) atoms. The number of likely N-dealkylation sites (N-methyl/N-ethyl adjacent to an activating group) is 1. The van der Waals surface area contributed by atoms with E-state index in [1.54, 1.807) is 12.1 Å². The largest absolute Gasteiger partial charge is 0.388 e. The van der Waals surface area contributed by atoms with E-state index in [9.17, 15) is 9.90 Å². The summed E-state index contributed by atoms with van der Waals surface area (Å²) in [5, 5.41) is 10.5. The molecule has 1 aromatic heterocycles. The molecule has 0 aliphatic carbocycles. The molecule has 2 rings (SSSR count). The van der Waals surface area contributed by atoms with Gasteiger partial charge in [-0.2, -0.15) is 0 Å². The number of nitrogens with zero attached hydrogens (tertiary/aromatic N) is 1. The molecular formula is C14H20ClNO3S. The first-order chi connectivity index (χ1) is 9.41. The number of hydrogen-bond donors (Lipinski definition) is 1. The lowest BCUT2D eigenvalue weighted by Gasteiger charge is -2.37. The molecule has 0 spiro atoms. The van der Waals surface area contributed by atoms with Gasteiger partial charge in [0.15, 0.2) is 5.78 Å². The van der Waals surface area contributed by atoms with Gasteiger partial charge in [0.1, 0.15) is 0 Å². The number of carbonyl (C=O) groups excluding carboxylic acids is 1. The Bertz CT molecular complexity index is 471. The molecule has 1 saturated heterocycles. The van der Waals surface area contributed by atoms with Gasteiger partial charge in [0.2, 0.25) is 0 Å². The van der Waals surface area contributed by atoms with Gasteiger partial charge in [-0.25, -0.2) is 0 Å². The molecule has 0 aromatic carbocycles. The monoisotopic (exact) mass is 317 g/mol. The smallest absolute Gasteiger partial charge is 0.189 e. The van der Waals surface area contributed by atoms with Crippen molar-refractivity contribution >= 4 is 28.7 Å². The van der Waals surface area contributed by atoms with E-state index >= 15 is 0 Å². The van der Waals surface area contributed by atoms with Crippen LogP contribution >= 0.6 is 22.9 Å². The van der Waals surface area contributed by atoms with Gasteiger partial charge in [-0.1, -0.05) is 11.6 Å². The maximum absolute atomic E-state index is 12.3. The fraction of sp³-hybridized carbons (Fsp3) is 0.643. The second kappa shape index (κ2) is 6.54. The molecule has 1 aliphatic rings. The van der Waals surface area contributed by atoms with Gasteiger partial charge in [0, 0.05) is 32.6 Å². The molecular weight excluding hydrogens is 298 g/mol. The zero-order chi connectivity index (χ0) is 14.8. The van der Waals surface area contributed by atoms with E-state index < -0.39 is 5.60 Å². The second-order valence-electron chi connectivity index (χ2n) is 5.40. The molecule has 1 N–H and O–H groups in total. The van der Waals surface area contributed by atoms with Crippen molar-refractivity contribution in [3.8, 4) is 0 Å². The third kappa shape index (κ3) is 3.80. The Labute approximate surface area is 128 Å². The summed E-state index contributed by atoms with van der Waals surface area (Å²) < 4.78 is 5.88. The Kier molecular flexibility index (Phi) is 5.20. The fourth-order valence-corrected chi connectivity index (χ4v) is 3.43. The standard InChI is InChI=1S/C14H20ClNO3S/c1-10(13(17)11-3-4-12(15)20-11)16(2)9-14(18)5-7-19-8-6-14/h3-4,10,18H,5-9H2,1-2H3. The van der Waals surface area contributed by atoms with Crippen LogP contribution in [0, 0.1) is 0 Å². The molecule has 0 saturated carbocycles. The minimum atomic E-state index is -0.755. The Balaban J connectivity index is 1.97. The molecule has 0 bridgehead atoms. The Morgan fingerprint density at radius 2 is 2.20 bits per heavy atom. The third-order valence-electron chi connectivity index (χ3n) is 3.82. The summed E-state index contributed by atoms with van der Waals surface area (Å²) in [6.45, 7) is 3.49. The van der Waals surface area contributed by atoms with E-state index in [-0.39, 0.29) is 11.8 Å². The zero-order valence-corrected chi connectivity index (χ0v) is 13.3. The predicted octanol–water partition coefficient (Wildman–Crippen LogP) is 2.45. The normalized spacial score (nSPS) is 20.1. The average molecular weight is 318 g/mol. The topological polar surface area (TPSA) is 49.8 Å². The third-order valence-corrected chi connectivity index (χ3v) is 5.07. The van der Waals surface area contributed by atoms with Crippen molar-refractivity contribution in [3.63, 3.8) is 0 Å². The van der Waals surface area contributed by atoms with Crippen LogP contribution in [0.2, 0.25) is 4.34 Å². The minimum absolute atomic E-state index is 0.0417. The van der Waals surface area contributed by atoms with Crippen LogP contribution in [0.1, 0.15) is 29.4 Å². The SMILES string of the molecule is CC(C(=O)c1ccc(Cl)s1)N(C)CC1(O)CCOCC1. The van der Waals surface area contributed by atoms with Crippen molar-refractivity contribution in [1.29, 1.82) is 0 Å². The highest BCUT2D eigenvalue weighted by atomic mass is 35.5. The molecule has 1 unspecified atom stereocenters. The summed E-state index contributed by atoms with van der Waals surface area (Å²) in [6.07, 6.45) is 1.23. The highest BCUT2D eigenvalue weighted by molar-refractivity contribution is 7.18. The molecule has 112 valence electrons. The van der Waals surface area contributed by atoms with Gasteiger partial charge in [-0.3, -0.25) is 9.69 Å². The van der Waals surface area contributed by atoms with Crippen LogP contribution in [-0.4, -0.2) is 54.2 Å². The number of halogens is 1. The highest BCUT2D eigenvalue weighted by Gasteiger charge is 2.33. The molecule has 1 fully saturated rings. The maximum atomic E-state index is 12.3. The van der Waals surface area contributed by atoms with Gasteiger partial charge in [-0.05, 0) is 26.1 Å². The summed E-state index contributed by atoms with van der Waals surface area (Å²) in [6, 6.07) is 3.21. The first-order valence-corrected chi connectivity index (χ1v) is 7.91. The van der Waals surface area contributed by atoms with Gasteiger partial charge in [0.25, 0.3) is 0 Å². The minimum Gasteiger partial charge on any atom is -0.388 e. The highest BCUT2D eigenvalue weighted by Crippen LogP contribution is 2.25. The maximum Gasteiger partial charge on any atom is 0.189 e. The summed E-state index contributed by atoms with van der Waals surface area (Å²) in [7, 11) is 1.87. The van der Waals surface area contributed by atoms with Crippen molar-refractivity contribution in [3.05, 3.63) is 21.3 Å². The quantitative estimate of drug-likeness (QED) is 0.848. The first kappa shape index (κ1) is 15.9. The van der Waals surface area contributed by atoms with Crippen LogP contribution < -0.4 is 0 Å². The summed E-state index contributed by atoms with van der Waals surface area (Å²) in [4.78, 5) is 14.9. The number of aliphatic hydroxyl groups is 1. The Hall–Kier alpha value is -0.460. The number of ketones is 1. The van der Waals surface area contributed by atoms with Gasteiger partial charge in [-0.15, -0.1) is 11.3 Å². The van der Waals surface area contributed by atoms with Crippen molar-refractivity contribution in [2.75, 3.05) is 26.8 Å². The van der Waals surface area contributed by atoms with E-state index in [1.165, 1.54) is 11.3 Å². The van der Waals surface area contributed by atoms with Gasteiger partial charge in [0.05, 0.1) is 20.9 Å². The number of rotatable bonds is 5. The second-order valence-corrected chi connectivity index (χ2v) is 7.11. The first-order valence-electron chi connectivity index (χ1n) is 6.71. The van der Waals surface area contributed by atoms with Crippen LogP contribution in [0.15, 0.2) is 12.1 Å². The van der Waals surface area contributed by atoms with Crippen LogP contribution in [0.4, 0.5) is 0 Å². The molecule has 0 amide bonds. The van der Waals surface area contributed by atoms with Gasteiger partial charge < -0.3 is 9.84 Å². The molecule has 1 atom stereocenters. The summed E-state index contributed by atoms with van der Waals surface area (Å²) in [5.74, 6) is 0.0417. The number of carbonyl (C=O) groups is 1. The predicted molar refractivity (Wildman–Crippen MR) is 80.8 cm³/mol. The number of Topliss-reactive ketones (excluding diaryl/α,β-unsaturated/α-hetero) is 1. The Morgan fingerprint density at radius 1 is 1.55 bits per heavy atom. The molecule has 2 heterocycles. The van der Waals surface area contributed by atoms with Crippen LogP contribution in [-0.2, 0) is 4.74 Å². The van der Waals surface area contributed by atoms with Crippen molar-refractivity contribution in [2.24, 2.45) is 0 Å². The molecule has 1 aromatic rings. The van der Waals surface area contributed by atoms with E-state index in [1.807, 2.05) is 18.9 Å². The number of ether oxygens (including phenoxy) is 1. The molecule has 4 nitrogen and oxygen atoms in total. The average Bonchev–Trinajstić information content (AvgIpc) is 2.84. The van der Waals surface area contributed by atoms with Crippen molar-refractivity contribution < 1.29 is 14.6 Å². The zero-order valence-electron chi connectivity index (χ0n) is 11.8. The lowest BCUT2D eigenvalue weighted by Crippen LogP contribution is -2.49. The lowest BCUT2D eigenvalue weighted by molar-refractivity contribution is -0.0791.